The summed E-state index contributed by atoms with van der Waals surface area (Å²) in [6.45, 7) is 3.91. The summed E-state index contributed by atoms with van der Waals surface area (Å²) in [5.41, 5.74) is 1.87. The highest BCUT2D eigenvalue weighted by atomic mass is 32.1. The first kappa shape index (κ1) is 12.7. The number of nitrogens with one attached hydrogen (secondary N) is 1. The van der Waals surface area contributed by atoms with Gasteiger partial charge in [-0.25, -0.2) is 15.0 Å². The molecule has 0 aliphatic heterocycles. The van der Waals surface area contributed by atoms with E-state index < -0.39 is 0 Å². The van der Waals surface area contributed by atoms with Crippen LogP contribution in [0, 0.1) is 13.8 Å². The van der Waals surface area contributed by atoms with E-state index >= 15 is 0 Å². The first-order valence-corrected chi connectivity index (χ1v) is 6.92. The van der Waals surface area contributed by atoms with Gasteiger partial charge in [0.1, 0.15) is 0 Å². The zero-order valence-electron chi connectivity index (χ0n) is 11.3. The number of hydrogen-bond donors (Lipinski definition) is 1. The molecule has 7 heteroatoms. The Kier molecular flexibility index (Phi) is 2.98. The van der Waals surface area contributed by atoms with E-state index in [0.29, 0.717) is 22.2 Å². The molecule has 0 saturated carbocycles. The van der Waals surface area contributed by atoms with Gasteiger partial charge >= 0.3 is 0 Å². The molecule has 0 bridgehead atoms. The predicted molar refractivity (Wildman–Crippen MR) is 79.4 cm³/mol. The highest BCUT2D eigenvalue weighted by Gasteiger charge is 2.13. The van der Waals surface area contributed by atoms with Crippen LogP contribution in [-0.4, -0.2) is 26.4 Å². The van der Waals surface area contributed by atoms with Crippen molar-refractivity contribution in [2.45, 2.75) is 13.8 Å². The maximum absolute atomic E-state index is 12.6. The Morgan fingerprint density at radius 3 is 2.85 bits per heavy atom. The normalized spacial score (nSPS) is 10.9. The van der Waals surface area contributed by atoms with Gasteiger partial charge in [-0.3, -0.25) is 9.20 Å². The molecular formula is C13H13N5OS. The first-order chi connectivity index (χ1) is 9.61. The van der Waals surface area contributed by atoms with Crippen molar-refractivity contribution >= 4 is 22.2 Å². The molecule has 3 aromatic heterocycles. The molecule has 0 aliphatic rings. The van der Waals surface area contributed by atoms with Crippen LogP contribution in [0.25, 0.3) is 16.2 Å². The summed E-state index contributed by atoms with van der Waals surface area (Å²) in [4.78, 5) is 27.1. The fraction of sp³-hybridized carbons (Fsp3) is 0.231. The van der Waals surface area contributed by atoms with Gasteiger partial charge in [-0.1, -0.05) is 0 Å². The van der Waals surface area contributed by atoms with Gasteiger partial charge < -0.3 is 5.32 Å². The molecule has 0 atom stereocenters. The van der Waals surface area contributed by atoms with Gasteiger partial charge in [0.25, 0.3) is 5.56 Å². The highest BCUT2D eigenvalue weighted by molar-refractivity contribution is 7.17. The monoisotopic (exact) mass is 287 g/mol. The van der Waals surface area contributed by atoms with Gasteiger partial charge in [0, 0.05) is 30.0 Å². The maximum Gasteiger partial charge on any atom is 0.268 e. The van der Waals surface area contributed by atoms with Crippen molar-refractivity contribution in [2.24, 2.45) is 0 Å². The van der Waals surface area contributed by atoms with Gasteiger partial charge in [0.05, 0.1) is 11.3 Å². The Morgan fingerprint density at radius 1 is 1.30 bits per heavy atom. The third kappa shape index (κ3) is 1.87. The molecular weight excluding hydrogens is 274 g/mol. The van der Waals surface area contributed by atoms with Gasteiger partial charge in [0.15, 0.2) is 4.96 Å². The molecule has 6 nitrogen and oxygen atoms in total. The van der Waals surface area contributed by atoms with Crippen LogP contribution >= 0.6 is 11.3 Å². The van der Waals surface area contributed by atoms with E-state index in [9.17, 15) is 4.79 Å². The third-order valence-corrected chi connectivity index (χ3v) is 4.25. The number of hydrogen-bond acceptors (Lipinski definition) is 6. The number of rotatable bonds is 2. The zero-order chi connectivity index (χ0) is 14.3. The summed E-state index contributed by atoms with van der Waals surface area (Å²) in [7, 11) is 1.74. The van der Waals surface area contributed by atoms with Crippen LogP contribution in [-0.2, 0) is 0 Å². The number of aryl methyl sites for hydroxylation is 2. The fourth-order valence-electron chi connectivity index (χ4n) is 1.98. The minimum Gasteiger partial charge on any atom is -0.357 e. The molecule has 0 spiro atoms. The summed E-state index contributed by atoms with van der Waals surface area (Å²) in [5.74, 6) is 0.477. The Bertz CT molecular complexity index is 852. The summed E-state index contributed by atoms with van der Waals surface area (Å²) < 4.78 is 1.64. The summed E-state index contributed by atoms with van der Waals surface area (Å²) >= 11 is 1.51. The Morgan fingerprint density at radius 2 is 2.10 bits per heavy atom. The van der Waals surface area contributed by atoms with E-state index in [4.69, 9.17) is 0 Å². The minimum absolute atomic E-state index is 0.0994. The van der Waals surface area contributed by atoms with Crippen molar-refractivity contribution in [3.05, 3.63) is 39.4 Å². The molecule has 102 valence electrons. The predicted octanol–water partition coefficient (Wildman–Crippen LogP) is 1.87. The SMILES string of the molecule is CNc1nccc(-c2cnc3sc(C)c(C)n3c2=O)n1. The lowest BCUT2D eigenvalue weighted by Gasteiger charge is -2.03. The van der Waals surface area contributed by atoms with Gasteiger partial charge in [-0.15, -0.1) is 11.3 Å². The lowest BCUT2D eigenvalue weighted by atomic mass is 10.2. The van der Waals surface area contributed by atoms with Gasteiger partial charge in [-0.2, -0.15) is 0 Å². The third-order valence-electron chi connectivity index (χ3n) is 3.17. The van der Waals surface area contributed by atoms with E-state index in [1.165, 1.54) is 11.3 Å². The van der Waals surface area contributed by atoms with Crippen molar-refractivity contribution in [1.29, 1.82) is 0 Å². The van der Waals surface area contributed by atoms with Crippen LogP contribution in [0.1, 0.15) is 10.6 Å². The van der Waals surface area contributed by atoms with Crippen LogP contribution in [0.2, 0.25) is 0 Å². The Hall–Kier alpha value is -2.28. The van der Waals surface area contributed by atoms with Gasteiger partial charge in [0.2, 0.25) is 5.95 Å². The Labute approximate surface area is 119 Å². The van der Waals surface area contributed by atoms with Crippen LogP contribution in [0.4, 0.5) is 5.95 Å². The second kappa shape index (κ2) is 4.68. The number of anilines is 1. The van der Waals surface area contributed by atoms with Crippen LogP contribution in [0.3, 0.4) is 0 Å². The van der Waals surface area contributed by atoms with Crippen LogP contribution in [0.5, 0.6) is 0 Å². The average molecular weight is 287 g/mol. The molecule has 0 radical (unpaired) electrons. The van der Waals surface area contributed by atoms with Crippen molar-refractivity contribution in [2.75, 3.05) is 12.4 Å². The number of nitrogens with zero attached hydrogens (tertiary/aromatic N) is 4. The maximum atomic E-state index is 12.6. The van der Waals surface area contributed by atoms with E-state index in [2.05, 4.69) is 20.3 Å². The van der Waals surface area contributed by atoms with Crippen LogP contribution in [0.15, 0.2) is 23.3 Å². The smallest absolute Gasteiger partial charge is 0.268 e. The topological polar surface area (TPSA) is 72.2 Å². The summed E-state index contributed by atoms with van der Waals surface area (Å²) in [6, 6.07) is 1.71. The molecule has 0 amide bonds. The van der Waals surface area contributed by atoms with Crippen molar-refractivity contribution in [3.63, 3.8) is 0 Å². The number of thiazole rings is 1. The molecule has 0 aromatic carbocycles. The fourth-order valence-corrected chi connectivity index (χ4v) is 2.91. The van der Waals surface area contributed by atoms with Crippen LogP contribution < -0.4 is 10.9 Å². The lowest BCUT2D eigenvalue weighted by molar-refractivity contribution is 1.01. The van der Waals surface area contributed by atoms with Gasteiger partial charge in [-0.05, 0) is 19.9 Å². The average Bonchev–Trinajstić information content (AvgIpc) is 2.75. The standard InChI is InChI=1S/C13H13N5OS/c1-7-8(2)20-13-16-6-9(11(19)18(7)13)10-4-5-15-12(14-3)17-10/h4-6H,1-3H3,(H,14,15,17). The molecule has 0 saturated heterocycles. The quantitative estimate of drug-likeness (QED) is 0.779. The molecule has 20 heavy (non-hydrogen) atoms. The number of fused-ring (bicyclic) bond motifs is 1. The van der Waals surface area contributed by atoms with E-state index in [0.717, 1.165) is 10.6 Å². The molecule has 3 rings (SSSR count). The minimum atomic E-state index is -0.0994. The summed E-state index contributed by atoms with van der Waals surface area (Å²) in [6.07, 6.45) is 3.20. The largest absolute Gasteiger partial charge is 0.357 e. The molecule has 1 N–H and O–H groups in total. The van der Waals surface area contributed by atoms with Crippen molar-refractivity contribution < 1.29 is 0 Å². The molecule has 3 heterocycles. The van der Waals surface area contributed by atoms with Crippen molar-refractivity contribution in [1.82, 2.24) is 19.4 Å². The van der Waals surface area contributed by atoms with E-state index in [-0.39, 0.29) is 5.56 Å². The molecule has 0 unspecified atom stereocenters. The van der Waals surface area contributed by atoms with E-state index in [1.54, 1.807) is 29.9 Å². The molecule has 0 aliphatic carbocycles. The second-order valence-electron chi connectivity index (χ2n) is 4.35. The lowest BCUT2D eigenvalue weighted by Crippen LogP contribution is -2.17. The van der Waals surface area contributed by atoms with Crippen molar-refractivity contribution in [3.8, 4) is 11.3 Å². The molecule has 0 fully saturated rings. The summed E-state index contributed by atoms with van der Waals surface area (Å²) in [5, 5.41) is 2.86. The Balaban J connectivity index is 2.29. The zero-order valence-corrected chi connectivity index (χ0v) is 12.2. The number of aromatic nitrogens is 4. The highest BCUT2D eigenvalue weighted by Crippen LogP contribution is 2.20. The first-order valence-electron chi connectivity index (χ1n) is 6.10. The second-order valence-corrected chi connectivity index (χ2v) is 5.54. The molecule has 3 aromatic rings. The van der Waals surface area contributed by atoms with E-state index in [1.807, 2.05) is 13.8 Å².